The lowest BCUT2D eigenvalue weighted by Gasteiger charge is -2.09. The molecule has 35 heavy (non-hydrogen) atoms. The van der Waals surface area contributed by atoms with Crippen LogP contribution in [0.2, 0.25) is 5.02 Å². The number of thiophene rings is 1. The van der Waals surface area contributed by atoms with Gasteiger partial charge in [0.05, 0.1) is 22.1 Å². The van der Waals surface area contributed by atoms with E-state index in [1.54, 1.807) is 45.3 Å². The number of amides is 2. The monoisotopic (exact) mass is 582 g/mol. The molecule has 0 fully saturated rings. The number of rotatable bonds is 9. The Labute approximate surface area is 220 Å². The molecule has 0 aliphatic heterocycles. The zero-order valence-electron chi connectivity index (χ0n) is 19.6. The summed E-state index contributed by atoms with van der Waals surface area (Å²) in [6.07, 6.45) is 0.642. The fraction of sp³-hybridized carbons (Fsp3) is 0.292. The van der Waals surface area contributed by atoms with Gasteiger partial charge < -0.3 is 24.1 Å². The fourth-order valence-corrected chi connectivity index (χ4v) is 4.94. The van der Waals surface area contributed by atoms with Gasteiger partial charge >= 0.3 is 5.97 Å². The lowest BCUT2D eigenvalue weighted by atomic mass is 10.1. The van der Waals surface area contributed by atoms with Gasteiger partial charge in [0.15, 0.2) is 5.76 Å². The van der Waals surface area contributed by atoms with Gasteiger partial charge in [0.1, 0.15) is 23.1 Å². The number of ether oxygens (including phenoxy) is 2. The van der Waals surface area contributed by atoms with Gasteiger partial charge in [-0.3, -0.25) is 9.59 Å². The minimum atomic E-state index is -0.603. The summed E-state index contributed by atoms with van der Waals surface area (Å²) in [5.74, 6) is -0.560. The van der Waals surface area contributed by atoms with Crippen LogP contribution in [0.4, 0.5) is 5.00 Å². The Kier molecular flexibility index (Phi) is 8.98. The number of benzene rings is 1. The van der Waals surface area contributed by atoms with Crippen molar-refractivity contribution in [3.05, 3.63) is 67.4 Å². The number of carbonyl (C=O) groups excluding carboxylic acids is 3. The van der Waals surface area contributed by atoms with E-state index in [2.05, 4.69) is 21.2 Å². The molecule has 0 spiro atoms. The summed E-state index contributed by atoms with van der Waals surface area (Å²) >= 11 is 10.5. The van der Waals surface area contributed by atoms with Crippen molar-refractivity contribution in [2.45, 2.75) is 26.9 Å². The number of esters is 1. The molecule has 0 saturated heterocycles. The molecule has 0 aliphatic carbocycles. The van der Waals surface area contributed by atoms with Crippen LogP contribution >= 0.6 is 38.9 Å². The first kappa shape index (κ1) is 26.8. The Hall–Kier alpha value is -2.82. The zero-order chi connectivity index (χ0) is 25.7. The second kappa shape index (κ2) is 11.7. The molecule has 0 radical (unpaired) electrons. The fourth-order valence-electron chi connectivity index (χ4n) is 3.00. The lowest BCUT2D eigenvalue weighted by molar-refractivity contribution is 0.0506. The first-order valence-electron chi connectivity index (χ1n) is 10.6. The molecule has 186 valence electrons. The van der Waals surface area contributed by atoms with Crippen LogP contribution < -0.4 is 10.1 Å². The Morgan fingerprint density at radius 2 is 1.94 bits per heavy atom. The van der Waals surface area contributed by atoms with Gasteiger partial charge in [0.25, 0.3) is 11.8 Å². The molecule has 3 rings (SSSR count). The van der Waals surface area contributed by atoms with Crippen LogP contribution in [0.15, 0.2) is 39.2 Å². The van der Waals surface area contributed by atoms with Crippen LogP contribution in [0.25, 0.3) is 0 Å². The summed E-state index contributed by atoms with van der Waals surface area (Å²) < 4.78 is 17.4. The number of nitrogens with zero attached hydrogens (tertiary/aromatic N) is 1. The quantitative estimate of drug-likeness (QED) is 0.303. The van der Waals surface area contributed by atoms with Gasteiger partial charge in [-0.25, -0.2) is 4.79 Å². The van der Waals surface area contributed by atoms with E-state index in [9.17, 15) is 14.4 Å². The molecule has 2 aromatic heterocycles. The van der Waals surface area contributed by atoms with Gasteiger partial charge in [-0.2, -0.15) is 0 Å². The average molecular weight is 584 g/mol. The van der Waals surface area contributed by atoms with Crippen molar-refractivity contribution in [2.24, 2.45) is 0 Å². The molecule has 0 bridgehead atoms. The Balaban J connectivity index is 1.78. The number of nitrogens with one attached hydrogen (secondary N) is 1. The normalized spacial score (nSPS) is 10.7. The smallest absolute Gasteiger partial charge is 0.341 e. The van der Waals surface area contributed by atoms with E-state index in [0.717, 1.165) is 15.8 Å². The third-order valence-corrected chi connectivity index (χ3v) is 6.75. The van der Waals surface area contributed by atoms with Crippen LogP contribution in [0, 0.1) is 6.92 Å². The highest BCUT2D eigenvalue weighted by Crippen LogP contribution is 2.35. The van der Waals surface area contributed by atoms with E-state index in [1.165, 1.54) is 11.0 Å². The van der Waals surface area contributed by atoms with Crippen molar-refractivity contribution >= 4 is 61.7 Å². The van der Waals surface area contributed by atoms with E-state index in [4.69, 9.17) is 25.5 Å². The molecule has 0 unspecified atom stereocenters. The van der Waals surface area contributed by atoms with E-state index in [0.29, 0.717) is 33.4 Å². The molecule has 11 heteroatoms. The van der Waals surface area contributed by atoms with Crippen molar-refractivity contribution in [1.29, 1.82) is 0 Å². The molecule has 0 aliphatic rings. The van der Waals surface area contributed by atoms with Gasteiger partial charge in [-0.05, 0) is 49.2 Å². The van der Waals surface area contributed by atoms with Gasteiger partial charge in [0, 0.05) is 18.6 Å². The number of hydrogen-bond acceptors (Lipinski definition) is 7. The van der Waals surface area contributed by atoms with E-state index in [-0.39, 0.29) is 35.4 Å². The molecular formula is C24H24BrClN2O6S. The maximum Gasteiger partial charge on any atom is 0.341 e. The summed E-state index contributed by atoms with van der Waals surface area (Å²) in [4.78, 5) is 39.9. The summed E-state index contributed by atoms with van der Waals surface area (Å²) in [5.41, 5.74) is 0.604. The standard InChI is InChI=1S/C24H24BrClN2O6S/c1-5-10-32-24(31)19-13(2)20(23(30)28(3)4)35-22(19)27-21(29)18-9-7-15(34-18)12-33-17-8-6-14(25)11-16(17)26/h6-9,11H,5,10,12H2,1-4H3,(H,27,29). The number of furan rings is 1. The molecule has 2 amide bonds. The second-order valence-corrected chi connectivity index (χ2v) is 10.0. The first-order chi connectivity index (χ1) is 16.6. The summed E-state index contributed by atoms with van der Waals surface area (Å²) in [7, 11) is 3.23. The van der Waals surface area contributed by atoms with Crippen molar-refractivity contribution in [3.8, 4) is 5.75 Å². The lowest BCUT2D eigenvalue weighted by Crippen LogP contribution is -2.21. The second-order valence-electron chi connectivity index (χ2n) is 7.68. The molecule has 2 heterocycles. The SMILES string of the molecule is CCCOC(=O)c1c(NC(=O)c2ccc(COc3ccc(Br)cc3Cl)o2)sc(C(=O)N(C)C)c1C. The molecule has 0 saturated carbocycles. The van der Waals surface area contributed by atoms with Crippen molar-refractivity contribution in [1.82, 2.24) is 4.90 Å². The summed E-state index contributed by atoms with van der Waals surface area (Å²) in [6.45, 7) is 3.81. The Bertz CT molecular complexity index is 1250. The minimum absolute atomic E-state index is 0.0184. The topological polar surface area (TPSA) is 98.1 Å². The van der Waals surface area contributed by atoms with Gasteiger partial charge in [0.2, 0.25) is 0 Å². The zero-order valence-corrected chi connectivity index (χ0v) is 22.7. The van der Waals surface area contributed by atoms with Crippen molar-refractivity contribution in [2.75, 3.05) is 26.0 Å². The van der Waals surface area contributed by atoms with E-state index in [1.807, 2.05) is 6.92 Å². The number of anilines is 1. The molecule has 1 aromatic carbocycles. The van der Waals surface area contributed by atoms with E-state index < -0.39 is 11.9 Å². The van der Waals surface area contributed by atoms with Crippen LogP contribution in [-0.4, -0.2) is 43.4 Å². The van der Waals surface area contributed by atoms with Gasteiger partial charge in [-0.1, -0.05) is 34.5 Å². The first-order valence-corrected chi connectivity index (χ1v) is 12.6. The van der Waals surface area contributed by atoms with E-state index >= 15 is 0 Å². The largest absolute Gasteiger partial charge is 0.484 e. The Morgan fingerprint density at radius 1 is 1.20 bits per heavy atom. The minimum Gasteiger partial charge on any atom is -0.484 e. The van der Waals surface area contributed by atoms with Crippen molar-refractivity contribution < 1.29 is 28.3 Å². The third-order valence-electron chi connectivity index (χ3n) is 4.76. The highest BCUT2D eigenvalue weighted by Gasteiger charge is 2.28. The Morgan fingerprint density at radius 3 is 2.60 bits per heavy atom. The average Bonchev–Trinajstić information content (AvgIpc) is 3.41. The molecule has 1 N–H and O–H groups in total. The van der Waals surface area contributed by atoms with Crippen molar-refractivity contribution in [3.63, 3.8) is 0 Å². The number of halogens is 2. The third kappa shape index (κ3) is 6.45. The molecular weight excluding hydrogens is 560 g/mol. The molecule has 0 atom stereocenters. The molecule has 3 aromatic rings. The molecule has 8 nitrogen and oxygen atoms in total. The summed E-state index contributed by atoms with van der Waals surface area (Å²) in [5, 5.41) is 3.34. The summed E-state index contributed by atoms with van der Waals surface area (Å²) in [6, 6.07) is 8.33. The maximum atomic E-state index is 12.9. The number of carbonyl (C=O) groups is 3. The highest BCUT2D eigenvalue weighted by atomic mass is 79.9. The number of hydrogen-bond donors (Lipinski definition) is 1. The maximum absolute atomic E-state index is 12.9. The van der Waals surface area contributed by atoms with Crippen LogP contribution in [0.3, 0.4) is 0 Å². The highest BCUT2D eigenvalue weighted by molar-refractivity contribution is 9.10. The van der Waals surface area contributed by atoms with Crippen LogP contribution in [0.1, 0.15) is 55.3 Å². The van der Waals surface area contributed by atoms with Crippen LogP contribution in [0.5, 0.6) is 5.75 Å². The predicted octanol–water partition coefficient (Wildman–Crippen LogP) is 6.17. The van der Waals surface area contributed by atoms with Gasteiger partial charge in [-0.15, -0.1) is 11.3 Å². The predicted molar refractivity (Wildman–Crippen MR) is 138 cm³/mol. The van der Waals surface area contributed by atoms with Crippen LogP contribution in [-0.2, 0) is 11.3 Å².